The summed E-state index contributed by atoms with van der Waals surface area (Å²) < 4.78 is 8.43. The fraction of sp³-hybridized carbons (Fsp3) is 0.217. The summed E-state index contributed by atoms with van der Waals surface area (Å²) in [6.45, 7) is 6.38. The molecule has 26 heavy (non-hydrogen) atoms. The average Bonchev–Trinajstić information content (AvgIpc) is 3.00. The maximum absolute atomic E-state index is 9.70. The van der Waals surface area contributed by atoms with Crippen LogP contribution in [0.2, 0.25) is 0 Å². The number of nitrogens with zero attached hydrogens (tertiary/aromatic N) is 2. The third-order valence-electron chi connectivity index (χ3n) is 5.06. The SMILES string of the molecule is Cc1cc(C#N)c2c(oc3cc(C(C)C)ccc32)c1-c1cccc[n+]1C. The van der Waals surface area contributed by atoms with Crippen LogP contribution in [-0.2, 0) is 7.05 Å². The largest absolute Gasteiger partial charge is 0.455 e. The highest BCUT2D eigenvalue weighted by molar-refractivity contribution is 6.12. The normalized spacial score (nSPS) is 11.4. The number of nitriles is 1. The molecule has 2 heterocycles. The van der Waals surface area contributed by atoms with Gasteiger partial charge in [-0.05, 0) is 42.2 Å². The van der Waals surface area contributed by atoms with E-state index in [9.17, 15) is 5.26 Å². The molecule has 4 rings (SSSR count). The standard InChI is InChI=1S/C23H21N2O/c1-14(2)16-8-9-18-20(12-16)26-23-21(19-7-5-6-10-25(19)4)15(3)11-17(13-24)22(18)23/h5-12,14H,1-4H3/q+1. The first kappa shape index (κ1) is 16.4. The molecule has 4 aromatic rings. The molecule has 0 spiro atoms. The zero-order valence-corrected chi connectivity index (χ0v) is 15.5. The molecule has 0 N–H and O–H groups in total. The highest BCUT2D eigenvalue weighted by Crippen LogP contribution is 2.39. The van der Waals surface area contributed by atoms with Gasteiger partial charge < -0.3 is 4.42 Å². The fourth-order valence-electron chi connectivity index (χ4n) is 3.65. The number of aryl methyl sites for hydroxylation is 2. The minimum Gasteiger partial charge on any atom is -0.455 e. The van der Waals surface area contributed by atoms with Gasteiger partial charge in [0.05, 0.1) is 17.2 Å². The lowest BCUT2D eigenvalue weighted by molar-refractivity contribution is -0.660. The summed E-state index contributed by atoms with van der Waals surface area (Å²) in [7, 11) is 2.03. The predicted octanol–water partition coefficient (Wildman–Crippen LogP) is 5.38. The molecule has 0 bridgehead atoms. The first-order chi connectivity index (χ1) is 12.5. The van der Waals surface area contributed by atoms with Gasteiger partial charge >= 0.3 is 0 Å². The van der Waals surface area contributed by atoms with Gasteiger partial charge in [-0.1, -0.05) is 26.0 Å². The Bertz CT molecular complexity index is 1190. The van der Waals surface area contributed by atoms with Crippen molar-refractivity contribution in [1.29, 1.82) is 5.26 Å². The van der Waals surface area contributed by atoms with Crippen molar-refractivity contribution in [2.75, 3.05) is 0 Å². The number of aromatic nitrogens is 1. The van der Waals surface area contributed by atoms with Gasteiger partial charge in [0.1, 0.15) is 12.6 Å². The summed E-state index contributed by atoms with van der Waals surface area (Å²) in [5.41, 5.74) is 6.69. The minimum absolute atomic E-state index is 0.427. The van der Waals surface area contributed by atoms with E-state index < -0.39 is 0 Å². The van der Waals surface area contributed by atoms with E-state index in [1.165, 1.54) is 5.56 Å². The summed E-state index contributed by atoms with van der Waals surface area (Å²) >= 11 is 0. The lowest BCUT2D eigenvalue weighted by Gasteiger charge is -2.06. The molecule has 0 radical (unpaired) electrons. The summed E-state index contributed by atoms with van der Waals surface area (Å²) in [5, 5.41) is 11.6. The molecule has 0 aliphatic rings. The second-order valence-electron chi connectivity index (χ2n) is 7.14. The zero-order valence-electron chi connectivity index (χ0n) is 15.5. The van der Waals surface area contributed by atoms with Gasteiger partial charge in [-0.15, -0.1) is 0 Å². The topological polar surface area (TPSA) is 40.8 Å². The number of pyridine rings is 1. The van der Waals surface area contributed by atoms with Gasteiger partial charge in [0.15, 0.2) is 11.8 Å². The third kappa shape index (κ3) is 2.38. The number of furan rings is 1. The molecule has 0 aliphatic heterocycles. The lowest BCUT2D eigenvalue weighted by atomic mass is 9.95. The van der Waals surface area contributed by atoms with E-state index in [4.69, 9.17) is 4.42 Å². The van der Waals surface area contributed by atoms with E-state index in [1.807, 2.05) is 38.4 Å². The monoisotopic (exact) mass is 341 g/mol. The van der Waals surface area contributed by atoms with E-state index in [0.29, 0.717) is 11.5 Å². The van der Waals surface area contributed by atoms with Crippen molar-refractivity contribution in [2.45, 2.75) is 26.7 Å². The molecule has 3 heteroatoms. The van der Waals surface area contributed by atoms with Crippen LogP contribution >= 0.6 is 0 Å². The molecule has 2 aromatic carbocycles. The Morgan fingerprint density at radius 2 is 1.92 bits per heavy atom. The summed E-state index contributed by atoms with van der Waals surface area (Å²) in [5.74, 6) is 0.427. The Morgan fingerprint density at radius 1 is 1.12 bits per heavy atom. The highest BCUT2D eigenvalue weighted by Gasteiger charge is 2.23. The molecule has 0 fully saturated rings. The number of fused-ring (bicyclic) bond motifs is 3. The molecule has 0 amide bonds. The summed E-state index contributed by atoms with van der Waals surface area (Å²) in [6, 6.07) is 16.8. The van der Waals surface area contributed by atoms with Crippen molar-refractivity contribution in [3.8, 4) is 17.3 Å². The van der Waals surface area contributed by atoms with E-state index in [0.717, 1.165) is 38.8 Å². The van der Waals surface area contributed by atoms with Crippen LogP contribution in [0.4, 0.5) is 0 Å². The fourth-order valence-corrected chi connectivity index (χ4v) is 3.65. The van der Waals surface area contributed by atoms with Gasteiger partial charge in [-0.3, -0.25) is 0 Å². The summed E-state index contributed by atoms with van der Waals surface area (Å²) in [4.78, 5) is 0. The molecule has 3 nitrogen and oxygen atoms in total. The van der Waals surface area contributed by atoms with Crippen molar-refractivity contribution in [3.63, 3.8) is 0 Å². The maximum atomic E-state index is 9.70. The van der Waals surface area contributed by atoms with E-state index in [-0.39, 0.29) is 0 Å². The highest BCUT2D eigenvalue weighted by atomic mass is 16.3. The van der Waals surface area contributed by atoms with Gasteiger partial charge in [0.25, 0.3) is 0 Å². The average molecular weight is 341 g/mol. The van der Waals surface area contributed by atoms with Crippen LogP contribution in [-0.4, -0.2) is 0 Å². The first-order valence-corrected chi connectivity index (χ1v) is 8.86. The minimum atomic E-state index is 0.427. The van der Waals surface area contributed by atoms with Crippen molar-refractivity contribution in [1.82, 2.24) is 0 Å². The Hall–Kier alpha value is -3.12. The van der Waals surface area contributed by atoms with Crippen LogP contribution in [0.25, 0.3) is 33.2 Å². The van der Waals surface area contributed by atoms with E-state index in [1.54, 1.807) is 0 Å². The second kappa shape index (κ2) is 6.00. The smallest absolute Gasteiger partial charge is 0.216 e. The Morgan fingerprint density at radius 3 is 2.62 bits per heavy atom. The molecule has 0 atom stereocenters. The van der Waals surface area contributed by atoms with Crippen LogP contribution in [0.1, 0.15) is 36.5 Å². The Kier molecular flexibility index (Phi) is 3.77. The predicted molar refractivity (Wildman–Crippen MR) is 104 cm³/mol. The van der Waals surface area contributed by atoms with Crippen molar-refractivity contribution in [3.05, 3.63) is 65.4 Å². The molecule has 128 valence electrons. The van der Waals surface area contributed by atoms with Crippen molar-refractivity contribution < 1.29 is 8.98 Å². The quantitative estimate of drug-likeness (QED) is 0.459. The van der Waals surface area contributed by atoms with Gasteiger partial charge in [-0.25, -0.2) is 4.57 Å². The Balaban J connectivity index is 2.17. The van der Waals surface area contributed by atoms with Crippen LogP contribution < -0.4 is 4.57 Å². The van der Waals surface area contributed by atoms with Crippen LogP contribution in [0, 0.1) is 18.3 Å². The molecule has 0 saturated heterocycles. The van der Waals surface area contributed by atoms with E-state index in [2.05, 4.69) is 48.7 Å². The van der Waals surface area contributed by atoms with Crippen LogP contribution in [0.3, 0.4) is 0 Å². The molecule has 0 saturated carbocycles. The van der Waals surface area contributed by atoms with Crippen molar-refractivity contribution in [2.24, 2.45) is 7.05 Å². The van der Waals surface area contributed by atoms with E-state index >= 15 is 0 Å². The zero-order chi connectivity index (χ0) is 18.4. The first-order valence-electron chi connectivity index (χ1n) is 8.86. The number of benzene rings is 2. The summed E-state index contributed by atoms with van der Waals surface area (Å²) in [6.07, 6.45) is 2.03. The van der Waals surface area contributed by atoms with Crippen LogP contribution in [0.5, 0.6) is 0 Å². The number of rotatable bonds is 2. The lowest BCUT2D eigenvalue weighted by Crippen LogP contribution is -2.30. The Labute approximate surface area is 153 Å². The third-order valence-corrected chi connectivity index (χ3v) is 5.06. The molecule has 2 aromatic heterocycles. The molecule has 0 unspecified atom stereocenters. The van der Waals surface area contributed by atoms with Crippen molar-refractivity contribution >= 4 is 21.9 Å². The molecule has 0 aliphatic carbocycles. The number of hydrogen-bond donors (Lipinski definition) is 0. The van der Waals surface area contributed by atoms with Gasteiger partial charge in [-0.2, -0.15) is 5.26 Å². The maximum Gasteiger partial charge on any atom is 0.216 e. The second-order valence-corrected chi connectivity index (χ2v) is 7.14. The molecular formula is C23H21N2O+. The van der Waals surface area contributed by atoms with Gasteiger partial charge in [0.2, 0.25) is 5.69 Å². The number of hydrogen-bond acceptors (Lipinski definition) is 2. The van der Waals surface area contributed by atoms with Crippen LogP contribution in [0.15, 0.2) is 53.1 Å². The van der Waals surface area contributed by atoms with Gasteiger partial charge in [0, 0.05) is 22.9 Å². The molecular weight excluding hydrogens is 320 g/mol.